The van der Waals surface area contributed by atoms with E-state index in [1.54, 1.807) is 19.1 Å². The average molecular weight is 519 g/mol. The maximum Gasteiger partial charge on any atom is 0.200 e. The minimum Gasteiger partial charge on any atom is -0.491 e. The Balaban J connectivity index is 1.39. The molecule has 4 rings (SSSR count). The van der Waals surface area contributed by atoms with Crippen molar-refractivity contribution >= 4 is 0 Å². The number of hydrogen-bond acceptors (Lipinski definition) is 2. The monoisotopic (exact) mass is 518 g/mol. The van der Waals surface area contributed by atoms with E-state index < -0.39 is 35.2 Å². The number of aryl methyl sites for hydroxylation is 2. The molecule has 2 nitrogen and oxygen atoms in total. The molecular weight excluding hydrogens is 487 g/mol. The molecule has 7 heteroatoms. The highest BCUT2D eigenvalue weighted by Crippen LogP contribution is 2.42. The minimum absolute atomic E-state index is 0.0547. The predicted molar refractivity (Wildman–Crippen MR) is 132 cm³/mol. The summed E-state index contributed by atoms with van der Waals surface area (Å²) in [5, 5.41) is 9.60. The van der Waals surface area contributed by atoms with E-state index in [1.807, 2.05) is 6.07 Å². The van der Waals surface area contributed by atoms with Crippen LogP contribution in [0, 0.1) is 29.1 Å². The van der Waals surface area contributed by atoms with Gasteiger partial charge in [-0.1, -0.05) is 30.3 Å². The first kappa shape index (κ1) is 27.1. The van der Waals surface area contributed by atoms with Gasteiger partial charge in [0, 0.05) is 5.56 Å². The summed E-state index contributed by atoms with van der Waals surface area (Å²) in [5.41, 5.74) is 1.68. The van der Waals surface area contributed by atoms with Crippen molar-refractivity contribution in [2.75, 3.05) is 6.61 Å². The largest absolute Gasteiger partial charge is 0.491 e. The number of benzene rings is 3. The van der Waals surface area contributed by atoms with Crippen LogP contribution >= 0.6 is 0 Å². The van der Waals surface area contributed by atoms with E-state index in [2.05, 4.69) is 0 Å². The SMILES string of the molecule is CCOc1ccc(CCc2ccc(C3CCC(c4ccc(C(C)O)c(F)c4F)CC3)cc2F)c(F)c1F. The van der Waals surface area contributed by atoms with Gasteiger partial charge in [0.1, 0.15) is 5.82 Å². The molecular formula is C30H31F5O2. The van der Waals surface area contributed by atoms with Gasteiger partial charge < -0.3 is 9.84 Å². The standard InChI is InChI=1S/C30H31F5O2/c1-3-37-26-15-12-21(27(32)30(26)35)10-8-20-9-11-22(16-25(20)31)18-4-6-19(7-5-18)24-14-13-23(17(2)36)28(33)29(24)34/h9,11-19,36H,3-8,10H2,1-2H3. The third kappa shape index (κ3) is 5.82. The molecule has 1 atom stereocenters. The van der Waals surface area contributed by atoms with Crippen molar-refractivity contribution in [1.29, 1.82) is 0 Å². The Morgan fingerprint density at radius 1 is 0.784 bits per heavy atom. The lowest BCUT2D eigenvalue weighted by Gasteiger charge is -2.30. The Bertz CT molecular complexity index is 1250. The molecule has 198 valence electrons. The van der Waals surface area contributed by atoms with Gasteiger partial charge in [-0.2, -0.15) is 4.39 Å². The maximum atomic E-state index is 14.9. The topological polar surface area (TPSA) is 29.5 Å². The van der Waals surface area contributed by atoms with E-state index in [0.29, 0.717) is 36.8 Å². The molecule has 1 aliphatic rings. The number of halogens is 5. The Hall–Kier alpha value is -2.93. The molecule has 0 aromatic heterocycles. The first-order valence-electron chi connectivity index (χ1n) is 12.7. The van der Waals surface area contributed by atoms with Gasteiger partial charge in [-0.25, -0.2) is 17.6 Å². The van der Waals surface area contributed by atoms with E-state index in [0.717, 1.165) is 5.56 Å². The highest BCUT2D eigenvalue weighted by Gasteiger charge is 2.28. The summed E-state index contributed by atoms with van der Waals surface area (Å²) < 4.78 is 77.4. The van der Waals surface area contributed by atoms with Crippen LogP contribution in [-0.2, 0) is 12.8 Å². The number of rotatable bonds is 8. The lowest BCUT2D eigenvalue weighted by Crippen LogP contribution is -2.15. The fraction of sp³-hybridized carbons (Fsp3) is 0.400. The van der Waals surface area contributed by atoms with Crippen molar-refractivity contribution in [3.8, 4) is 5.75 Å². The van der Waals surface area contributed by atoms with Crippen LogP contribution in [0.5, 0.6) is 5.75 Å². The zero-order chi connectivity index (χ0) is 26.7. The molecule has 0 aliphatic heterocycles. The summed E-state index contributed by atoms with van der Waals surface area (Å²) in [4.78, 5) is 0. The zero-order valence-corrected chi connectivity index (χ0v) is 21.0. The number of ether oxygens (including phenoxy) is 1. The van der Waals surface area contributed by atoms with Crippen LogP contribution in [-0.4, -0.2) is 11.7 Å². The Morgan fingerprint density at radius 2 is 1.43 bits per heavy atom. The number of aliphatic hydroxyl groups excluding tert-OH is 1. The molecule has 0 radical (unpaired) electrons. The molecule has 0 saturated heterocycles. The lowest BCUT2D eigenvalue weighted by atomic mass is 9.75. The van der Waals surface area contributed by atoms with Crippen LogP contribution in [0.1, 0.15) is 85.3 Å². The molecule has 1 saturated carbocycles. The molecule has 0 heterocycles. The van der Waals surface area contributed by atoms with Crippen LogP contribution in [0.4, 0.5) is 22.0 Å². The van der Waals surface area contributed by atoms with Gasteiger partial charge in [0.05, 0.1) is 12.7 Å². The Morgan fingerprint density at radius 3 is 2.08 bits per heavy atom. The van der Waals surface area contributed by atoms with Gasteiger partial charge in [0.2, 0.25) is 5.82 Å². The Labute approximate surface area is 214 Å². The van der Waals surface area contributed by atoms with Crippen LogP contribution in [0.3, 0.4) is 0 Å². The van der Waals surface area contributed by atoms with Gasteiger partial charge >= 0.3 is 0 Å². The van der Waals surface area contributed by atoms with Crippen molar-refractivity contribution in [3.63, 3.8) is 0 Å². The molecule has 1 fully saturated rings. The average Bonchev–Trinajstić information content (AvgIpc) is 2.88. The van der Waals surface area contributed by atoms with Crippen molar-refractivity contribution in [1.82, 2.24) is 0 Å². The first-order chi connectivity index (χ1) is 17.7. The van der Waals surface area contributed by atoms with Gasteiger partial charge in [-0.3, -0.25) is 0 Å². The molecule has 0 amide bonds. The molecule has 1 N–H and O–H groups in total. The fourth-order valence-electron chi connectivity index (χ4n) is 5.28. The molecule has 3 aromatic rings. The van der Waals surface area contributed by atoms with E-state index >= 15 is 0 Å². The minimum atomic E-state index is -1.08. The van der Waals surface area contributed by atoms with E-state index in [4.69, 9.17) is 4.74 Å². The first-order valence-corrected chi connectivity index (χ1v) is 12.7. The zero-order valence-electron chi connectivity index (χ0n) is 21.0. The highest BCUT2D eigenvalue weighted by atomic mass is 19.2. The van der Waals surface area contributed by atoms with Gasteiger partial charge in [0.25, 0.3) is 0 Å². The molecule has 0 bridgehead atoms. The van der Waals surface area contributed by atoms with Gasteiger partial charge in [-0.05, 0) is 98.6 Å². The summed E-state index contributed by atoms with van der Waals surface area (Å²) >= 11 is 0. The summed E-state index contributed by atoms with van der Waals surface area (Å²) in [7, 11) is 0. The number of aliphatic hydroxyl groups is 1. The molecule has 0 spiro atoms. The summed E-state index contributed by atoms with van der Waals surface area (Å²) in [6.07, 6.45) is 1.97. The second-order valence-corrected chi connectivity index (χ2v) is 9.73. The van der Waals surface area contributed by atoms with Gasteiger partial charge in [0.15, 0.2) is 23.2 Å². The third-order valence-electron chi connectivity index (χ3n) is 7.40. The van der Waals surface area contributed by atoms with E-state index in [1.165, 1.54) is 31.2 Å². The second-order valence-electron chi connectivity index (χ2n) is 9.73. The van der Waals surface area contributed by atoms with Crippen LogP contribution < -0.4 is 4.74 Å². The maximum absolute atomic E-state index is 14.9. The van der Waals surface area contributed by atoms with Crippen LogP contribution in [0.2, 0.25) is 0 Å². The fourth-order valence-corrected chi connectivity index (χ4v) is 5.28. The number of hydrogen-bond donors (Lipinski definition) is 1. The van der Waals surface area contributed by atoms with Crippen molar-refractivity contribution < 1.29 is 31.8 Å². The smallest absolute Gasteiger partial charge is 0.200 e. The van der Waals surface area contributed by atoms with E-state index in [-0.39, 0.29) is 48.2 Å². The van der Waals surface area contributed by atoms with Crippen LogP contribution in [0.15, 0.2) is 42.5 Å². The van der Waals surface area contributed by atoms with Crippen LogP contribution in [0.25, 0.3) is 0 Å². The highest BCUT2D eigenvalue weighted by molar-refractivity contribution is 5.34. The third-order valence-corrected chi connectivity index (χ3v) is 7.40. The quantitative estimate of drug-likeness (QED) is 0.306. The predicted octanol–water partition coefficient (Wildman–Crippen LogP) is 8.06. The van der Waals surface area contributed by atoms with Crippen molar-refractivity contribution in [2.24, 2.45) is 0 Å². The van der Waals surface area contributed by atoms with E-state index in [9.17, 15) is 27.1 Å². The molecule has 3 aromatic carbocycles. The van der Waals surface area contributed by atoms with Crippen molar-refractivity contribution in [2.45, 2.75) is 70.3 Å². The summed E-state index contributed by atoms with van der Waals surface area (Å²) in [5.74, 6) is -4.48. The van der Waals surface area contributed by atoms with Crippen molar-refractivity contribution in [3.05, 3.63) is 99.4 Å². The summed E-state index contributed by atoms with van der Waals surface area (Å²) in [6, 6.07) is 10.9. The molecule has 1 unspecified atom stereocenters. The second kappa shape index (κ2) is 11.6. The Kier molecular flexibility index (Phi) is 8.53. The van der Waals surface area contributed by atoms with Gasteiger partial charge in [-0.15, -0.1) is 0 Å². The molecule has 37 heavy (non-hydrogen) atoms. The molecule has 1 aliphatic carbocycles. The summed E-state index contributed by atoms with van der Waals surface area (Å²) in [6.45, 7) is 3.30. The lowest BCUT2D eigenvalue weighted by molar-refractivity contribution is 0.192. The normalized spacial score (nSPS) is 18.6.